The number of halogens is 1. The molecule has 0 N–H and O–H groups in total. The molecule has 3 heteroatoms. The van der Waals surface area contributed by atoms with Crippen LogP contribution in [0, 0.1) is 17.1 Å². The lowest BCUT2D eigenvalue weighted by atomic mass is 9.89. The summed E-state index contributed by atoms with van der Waals surface area (Å²) in [5, 5.41) is 9.26. The molecule has 2 aromatic rings. The molecule has 20 heavy (non-hydrogen) atoms. The summed E-state index contributed by atoms with van der Waals surface area (Å²) in [5.74, 6) is -1.99. The van der Waals surface area contributed by atoms with Crippen LogP contribution < -0.4 is 0 Å². The first-order chi connectivity index (χ1) is 9.69. The maximum Gasteiger partial charge on any atom is 0.184 e. The summed E-state index contributed by atoms with van der Waals surface area (Å²) in [4.78, 5) is 12.5. The SMILES string of the molecule is CCc1ccccc1C(=O)C(C#N)c1ccccc1F. The molecule has 2 rings (SSSR count). The zero-order valence-electron chi connectivity index (χ0n) is 11.1. The minimum Gasteiger partial charge on any atom is -0.292 e. The predicted molar refractivity (Wildman–Crippen MR) is 74.9 cm³/mol. The van der Waals surface area contributed by atoms with Crippen LogP contribution in [0.2, 0.25) is 0 Å². The first-order valence-corrected chi connectivity index (χ1v) is 6.45. The highest BCUT2D eigenvalue weighted by Gasteiger charge is 2.25. The van der Waals surface area contributed by atoms with Gasteiger partial charge in [-0.2, -0.15) is 5.26 Å². The minimum absolute atomic E-state index is 0.130. The van der Waals surface area contributed by atoms with E-state index < -0.39 is 11.7 Å². The number of carbonyl (C=O) groups is 1. The molecule has 2 nitrogen and oxygen atoms in total. The summed E-state index contributed by atoms with van der Waals surface area (Å²) >= 11 is 0. The zero-order valence-corrected chi connectivity index (χ0v) is 11.1. The lowest BCUT2D eigenvalue weighted by Crippen LogP contribution is -2.14. The Labute approximate surface area is 117 Å². The van der Waals surface area contributed by atoms with Crippen molar-refractivity contribution >= 4 is 5.78 Å². The summed E-state index contributed by atoms with van der Waals surface area (Å²) in [6, 6.07) is 15.0. The molecule has 1 atom stereocenters. The average molecular weight is 267 g/mol. The third-order valence-corrected chi connectivity index (χ3v) is 3.27. The molecule has 0 aromatic heterocycles. The Kier molecular flexibility index (Phi) is 4.27. The number of hydrogen-bond acceptors (Lipinski definition) is 2. The fourth-order valence-electron chi connectivity index (χ4n) is 2.20. The van der Waals surface area contributed by atoms with Crippen molar-refractivity contribution in [3.63, 3.8) is 0 Å². The van der Waals surface area contributed by atoms with Crippen molar-refractivity contribution in [2.45, 2.75) is 19.3 Å². The summed E-state index contributed by atoms with van der Waals surface area (Å²) in [6.07, 6.45) is 0.692. The van der Waals surface area contributed by atoms with Crippen molar-refractivity contribution < 1.29 is 9.18 Å². The molecule has 0 aliphatic heterocycles. The topological polar surface area (TPSA) is 40.9 Å². The lowest BCUT2D eigenvalue weighted by molar-refractivity contribution is 0.0976. The quantitative estimate of drug-likeness (QED) is 0.789. The number of rotatable bonds is 4. The van der Waals surface area contributed by atoms with Gasteiger partial charge in [-0.05, 0) is 18.1 Å². The van der Waals surface area contributed by atoms with Gasteiger partial charge in [-0.3, -0.25) is 4.79 Å². The van der Waals surface area contributed by atoms with Gasteiger partial charge in [0.15, 0.2) is 5.78 Å². The molecule has 0 heterocycles. The van der Waals surface area contributed by atoms with Gasteiger partial charge >= 0.3 is 0 Å². The molecule has 0 spiro atoms. The Morgan fingerprint density at radius 2 is 1.85 bits per heavy atom. The summed E-state index contributed by atoms with van der Waals surface area (Å²) in [7, 11) is 0. The summed E-state index contributed by atoms with van der Waals surface area (Å²) in [6.45, 7) is 1.94. The molecular formula is C17H14FNO. The second-order valence-electron chi connectivity index (χ2n) is 4.46. The molecule has 0 aliphatic rings. The van der Waals surface area contributed by atoms with E-state index in [0.29, 0.717) is 12.0 Å². The first kappa shape index (κ1) is 14.0. The van der Waals surface area contributed by atoms with Crippen molar-refractivity contribution in [3.05, 3.63) is 71.0 Å². The Bertz CT molecular complexity index is 673. The maximum absolute atomic E-state index is 13.8. The second kappa shape index (κ2) is 6.12. The van der Waals surface area contributed by atoms with Crippen LogP contribution in [0.5, 0.6) is 0 Å². The monoisotopic (exact) mass is 267 g/mol. The molecule has 0 saturated carbocycles. The number of carbonyl (C=O) groups excluding carboxylic acids is 1. The molecule has 2 aromatic carbocycles. The molecule has 100 valence electrons. The van der Waals surface area contributed by atoms with E-state index >= 15 is 0 Å². The molecule has 0 saturated heterocycles. The Morgan fingerprint density at radius 1 is 1.20 bits per heavy atom. The van der Waals surface area contributed by atoms with Crippen LogP contribution in [-0.2, 0) is 6.42 Å². The lowest BCUT2D eigenvalue weighted by Gasteiger charge is -2.12. The van der Waals surface area contributed by atoms with Gasteiger partial charge in [-0.25, -0.2) is 4.39 Å². The van der Waals surface area contributed by atoms with Crippen LogP contribution >= 0.6 is 0 Å². The van der Waals surface area contributed by atoms with Crippen molar-refractivity contribution in [1.29, 1.82) is 5.26 Å². The van der Waals surface area contributed by atoms with Crippen LogP contribution in [0.4, 0.5) is 4.39 Å². The zero-order chi connectivity index (χ0) is 14.5. The van der Waals surface area contributed by atoms with Gasteiger partial charge in [-0.1, -0.05) is 49.4 Å². The molecule has 1 unspecified atom stereocenters. The van der Waals surface area contributed by atoms with E-state index in [1.165, 1.54) is 18.2 Å². The number of Topliss-reactive ketones (excluding diaryl/α,β-unsaturated/α-hetero) is 1. The number of benzene rings is 2. The average Bonchev–Trinajstić information content (AvgIpc) is 2.49. The Morgan fingerprint density at radius 3 is 2.50 bits per heavy atom. The molecular weight excluding hydrogens is 253 g/mol. The molecule has 0 radical (unpaired) electrons. The van der Waals surface area contributed by atoms with Gasteiger partial charge in [0.1, 0.15) is 11.7 Å². The van der Waals surface area contributed by atoms with Crippen molar-refractivity contribution in [2.75, 3.05) is 0 Å². The molecule has 0 bridgehead atoms. The highest BCUT2D eigenvalue weighted by Crippen LogP contribution is 2.24. The van der Waals surface area contributed by atoms with E-state index in [9.17, 15) is 14.4 Å². The number of ketones is 1. The molecule has 0 aliphatic carbocycles. The van der Waals surface area contributed by atoms with Crippen LogP contribution in [0.25, 0.3) is 0 Å². The fourth-order valence-corrected chi connectivity index (χ4v) is 2.20. The van der Waals surface area contributed by atoms with Gasteiger partial charge in [-0.15, -0.1) is 0 Å². The Hall–Kier alpha value is -2.47. The van der Waals surface area contributed by atoms with E-state index in [1.807, 2.05) is 25.1 Å². The van der Waals surface area contributed by atoms with Crippen LogP contribution in [-0.4, -0.2) is 5.78 Å². The van der Waals surface area contributed by atoms with E-state index in [0.717, 1.165) is 5.56 Å². The van der Waals surface area contributed by atoms with Crippen LogP contribution in [0.15, 0.2) is 48.5 Å². The van der Waals surface area contributed by atoms with Crippen molar-refractivity contribution in [2.24, 2.45) is 0 Å². The largest absolute Gasteiger partial charge is 0.292 e. The minimum atomic E-state index is -1.11. The van der Waals surface area contributed by atoms with Crippen molar-refractivity contribution in [3.8, 4) is 6.07 Å². The number of nitriles is 1. The van der Waals surface area contributed by atoms with Crippen molar-refractivity contribution in [1.82, 2.24) is 0 Å². The van der Waals surface area contributed by atoms with Gasteiger partial charge < -0.3 is 0 Å². The second-order valence-corrected chi connectivity index (χ2v) is 4.46. The van der Waals surface area contributed by atoms with Gasteiger partial charge in [0.05, 0.1) is 6.07 Å². The van der Waals surface area contributed by atoms with Gasteiger partial charge in [0, 0.05) is 11.1 Å². The maximum atomic E-state index is 13.8. The molecule has 0 amide bonds. The normalized spacial score (nSPS) is 11.7. The standard InChI is InChI=1S/C17H14FNO/c1-2-12-7-3-4-8-13(12)17(20)15(11-19)14-9-5-6-10-16(14)18/h3-10,15H,2H2,1H3. The van der Waals surface area contributed by atoms with E-state index in [-0.39, 0.29) is 11.3 Å². The van der Waals surface area contributed by atoms with E-state index in [1.54, 1.807) is 18.2 Å². The third-order valence-electron chi connectivity index (χ3n) is 3.27. The van der Waals surface area contributed by atoms with Crippen LogP contribution in [0.3, 0.4) is 0 Å². The van der Waals surface area contributed by atoms with E-state index in [2.05, 4.69) is 0 Å². The highest BCUT2D eigenvalue weighted by atomic mass is 19.1. The summed E-state index contributed by atoms with van der Waals surface area (Å²) in [5.41, 5.74) is 1.49. The molecule has 0 fully saturated rings. The first-order valence-electron chi connectivity index (χ1n) is 6.45. The number of nitrogens with zero attached hydrogens (tertiary/aromatic N) is 1. The number of hydrogen-bond donors (Lipinski definition) is 0. The van der Waals surface area contributed by atoms with Crippen LogP contribution in [0.1, 0.15) is 34.3 Å². The third kappa shape index (κ3) is 2.60. The summed E-state index contributed by atoms with van der Waals surface area (Å²) < 4.78 is 13.8. The predicted octanol–water partition coefficient (Wildman–Crippen LogP) is 3.88. The van der Waals surface area contributed by atoms with Gasteiger partial charge in [0.25, 0.3) is 0 Å². The highest BCUT2D eigenvalue weighted by molar-refractivity contribution is 6.03. The van der Waals surface area contributed by atoms with Gasteiger partial charge in [0.2, 0.25) is 0 Å². The fraction of sp³-hybridized carbons (Fsp3) is 0.176. The van der Waals surface area contributed by atoms with E-state index in [4.69, 9.17) is 0 Å². The Balaban J connectivity index is 2.46. The number of aryl methyl sites for hydroxylation is 1. The smallest absolute Gasteiger partial charge is 0.184 e.